The minimum absolute atomic E-state index is 0.215. The second kappa shape index (κ2) is 5.80. The van der Waals surface area contributed by atoms with Crippen molar-refractivity contribution in [1.82, 2.24) is 10.2 Å². The second-order valence-electron chi connectivity index (χ2n) is 7.09. The van der Waals surface area contributed by atoms with Crippen LogP contribution in [0.4, 0.5) is 10.5 Å². The zero-order valence-electron chi connectivity index (χ0n) is 13.6. The predicted octanol–water partition coefficient (Wildman–Crippen LogP) is 2.36. The van der Waals surface area contributed by atoms with Crippen LogP contribution in [0.2, 0.25) is 0 Å². The van der Waals surface area contributed by atoms with Crippen LogP contribution in [0.15, 0.2) is 18.2 Å². The number of benzene rings is 1. The highest BCUT2D eigenvalue weighted by molar-refractivity contribution is 5.69. The summed E-state index contributed by atoms with van der Waals surface area (Å²) in [6.07, 6.45) is 0.895. The van der Waals surface area contributed by atoms with Gasteiger partial charge in [-0.1, -0.05) is 18.2 Å². The molecule has 2 aliphatic rings. The van der Waals surface area contributed by atoms with Gasteiger partial charge in [-0.3, -0.25) is 0 Å². The van der Waals surface area contributed by atoms with E-state index < -0.39 is 5.60 Å². The van der Waals surface area contributed by atoms with E-state index in [9.17, 15) is 4.79 Å². The van der Waals surface area contributed by atoms with Gasteiger partial charge in [0.25, 0.3) is 0 Å². The average Bonchev–Trinajstić information content (AvgIpc) is 2.83. The Morgan fingerprint density at radius 3 is 2.91 bits per heavy atom. The summed E-state index contributed by atoms with van der Waals surface area (Å²) in [5.74, 6) is 0. The van der Waals surface area contributed by atoms with Crippen LogP contribution in [0.5, 0.6) is 0 Å². The van der Waals surface area contributed by atoms with Crippen LogP contribution >= 0.6 is 0 Å². The first kappa shape index (κ1) is 15.2. The van der Waals surface area contributed by atoms with Gasteiger partial charge in [-0.2, -0.15) is 0 Å². The van der Waals surface area contributed by atoms with E-state index in [1.165, 1.54) is 16.8 Å². The maximum Gasteiger partial charge on any atom is 0.410 e. The van der Waals surface area contributed by atoms with Gasteiger partial charge in [0.05, 0.1) is 0 Å². The van der Waals surface area contributed by atoms with Crippen molar-refractivity contribution in [2.75, 3.05) is 25.0 Å². The number of hydrogen-bond acceptors (Lipinski definition) is 4. The molecule has 1 aromatic rings. The third kappa shape index (κ3) is 3.35. The monoisotopic (exact) mass is 303 g/mol. The third-order valence-corrected chi connectivity index (χ3v) is 4.05. The molecule has 1 amide bonds. The Bertz CT molecular complexity index is 560. The third-order valence-electron chi connectivity index (χ3n) is 4.05. The number of nitrogens with zero attached hydrogens (tertiary/aromatic N) is 1. The lowest BCUT2D eigenvalue weighted by Crippen LogP contribution is -2.60. The Morgan fingerprint density at radius 1 is 1.41 bits per heavy atom. The molecule has 1 fully saturated rings. The van der Waals surface area contributed by atoms with Crippen LogP contribution in [0, 0.1) is 0 Å². The first-order valence-electron chi connectivity index (χ1n) is 7.98. The van der Waals surface area contributed by atoms with E-state index in [4.69, 9.17) is 4.74 Å². The van der Waals surface area contributed by atoms with Crippen LogP contribution in [0.1, 0.15) is 31.9 Å². The van der Waals surface area contributed by atoms with Gasteiger partial charge in [-0.15, -0.1) is 0 Å². The van der Waals surface area contributed by atoms with Crippen molar-refractivity contribution in [3.63, 3.8) is 0 Å². The summed E-state index contributed by atoms with van der Waals surface area (Å²) in [5, 5.41) is 6.98. The van der Waals surface area contributed by atoms with Crippen molar-refractivity contribution in [3.05, 3.63) is 29.3 Å². The lowest BCUT2D eigenvalue weighted by molar-refractivity contribution is 0.00519. The molecule has 22 heavy (non-hydrogen) atoms. The van der Waals surface area contributed by atoms with Gasteiger partial charge >= 0.3 is 6.09 Å². The molecule has 2 N–H and O–H groups in total. The lowest BCUT2D eigenvalue weighted by atomic mass is 10.1. The number of fused-ring (bicyclic) bond motifs is 1. The number of anilines is 1. The van der Waals surface area contributed by atoms with Crippen molar-refractivity contribution in [2.24, 2.45) is 0 Å². The number of rotatable bonds is 3. The first-order valence-corrected chi connectivity index (χ1v) is 7.98. The Balaban J connectivity index is 1.46. The van der Waals surface area contributed by atoms with Crippen molar-refractivity contribution >= 4 is 11.8 Å². The molecule has 0 aliphatic carbocycles. The molecular weight excluding hydrogens is 278 g/mol. The standard InChI is InChI=1S/C17H25N3O2/c1-17(2,3)22-16(21)20-10-14(11-20)19-9-13-6-4-5-12-7-8-18-15(12)13/h4-6,14,18-19H,7-11H2,1-3H3. The molecule has 1 aromatic carbocycles. The Kier molecular flexibility index (Phi) is 4.00. The molecule has 2 heterocycles. The average molecular weight is 303 g/mol. The molecule has 2 aliphatic heterocycles. The van der Waals surface area contributed by atoms with E-state index >= 15 is 0 Å². The van der Waals surface area contributed by atoms with Crippen LogP contribution < -0.4 is 10.6 Å². The highest BCUT2D eigenvalue weighted by Crippen LogP contribution is 2.26. The Labute approximate surface area is 132 Å². The van der Waals surface area contributed by atoms with Crippen LogP contribution in [-0.2, 0) is 17.7 Å². The van der Waals surface area contributed by atoms with Crippen LogP contribution in [0.25, 0.3) is 0 Å². The van der Waals surface area contributed by atoms with Crippen LogP contribution in [0.3, 0.4) is 0 Å². The molecule has 0 aromatic heterocycles. The molecule has 5 nitrogen and oxygen atoms in total. The maximum absolute atomic E-state index is 11.9. The van der Waals surface area contributed by atoms with Gasteiger partial charge in [0.2, 0.25) is 0 Å². The van der Waals surface area contributed by atoms with Gasteiger partial charge < -0.3 is 20.3 Å². The van der Waals surface area contributed by atoms with E-state index in [0.29, 0.717) is 6.04 Å². The summed E-state index contributed by atoms with van der Waals surface area (Å²) in [6.45, 7) is 8.98. The number of para-hydroxylation sites is 1. The molecule has 5 heteroatoms. The van der Waals surface area contributed by atoms with Crippen LogP contribution in [-0.4, -0.2) is 42.3 Å². The van der Waals surface area contributed by atoms with E-state index in [1.807, 2.05) is 20.8 Å². The van der Waals surface area contributed by atoms with Gasteiger partial charge in [0.15, 0.2) is 0 Å². The smallest absolute Gasteiger partial charge is 0.410 e. The normalized spacial score (nSPS) is 17.7. The number of carbonyl (C=O) groups is 1. The summed E-state index contributed by atoms with van der Waals surface area (Å²) < 4.78 is 5.36. The molecule has 120 valence electrons. The zero-order valence-corrected chi connectivity index (χ0v) is 13.6. The molecule has 1 saturated heterocycles. The largest absolute Gasteiger partial charge is 0.444 e. The predicted molar refractivity (Wildman–Crippen MR) is 87.1 cm³/mol. The number of hydrogen-bond donors (Lipinski definition) is 2. The molecular formula is C17H25N3O2. The van der Waals surface area contributed by atoms with E-state index in [2.05, 4.69) is 28.8 Å². The fraction of sp³-hybridized carbons (Fsp3) is 0.588. The Hall–Kier alpha value is -1.75. The van der Waals surface area contributed by atoms with E-state index in [1.54, 1.807) is 4.90 Å². The molecule has 0 unspecified atom stereocenters. The highest BCUT2D eigenvalue weighted by Gasteiger charge is 2.33. The molecule has 0 bridgehead atoms. The number of nitrogens with one attached hydrogen (secondary N) is 2. The summed E-state index contributed by atoms with van der Waals surface area (Å²) >= 11 is 0. The van der Waals surface area contributed by atoms with Crippen molar-refractivity contribution < 1.29 is 9.53 Å². The van der Waals surface area contributed by atoms with Gasteiger partial charge in [-0.05, 0) is 38.3 Å². The van der Waals surface area contributed by atoms with E-state index in [-0.39, 0.29) is 6.09 Å². The van der Waals surface area contributed by atoms with E-state index in [0.717, 1.165) is 32.6 Å². The number of likely N-dealkylation sites (tertiary alicyclic amines) is 1. The quantitative estimate of drug-likeness (QED) is 0.900. The molecule has 0 saturated carbocycles. The summed E-state index contributed by atoms with van der Waals surface area (Å²) in [6, 6.07) is 6.82. The number of amides is 1. The zero-order chi connectivity index (χ0) is 15.7. The first-order chi connectivity index (χ1) is 10.4. The Morgan fingerprint density at radius 2 is 2.18 bits per heavy atom. The SMILES string of the molecule is CC(C)(C)OC(=O)N1CC(NCc2cccc3c2NCC3)C1. The number of ether oxygens (including phenoxy) is 1. The topological polar surface area (TPSA) is 53.6 Å². The second-order valence-corrected chi connectivity index (χ2v) is 7.09. The molecule has 0 radical (unpaired) electrons. The maximum atomic E-state index is 11.9. The lowest BCUT2D eigenvalue weighted by Gasteiger charge is -2.40. The van der Waals surface area contributed by atoms with Crippen molar-refractivity contribution in [1.29, 1.82) is 0 Å². The van der Waals surface area contributed by atoms with Gasteiger partial charge in [0.1, 0.15) is 5.60 Å². The minimum atomic E-state index is -0.425. The molecule has 0 spiro atoms. The summed E-state index contributed by atoms with van der Waals surface area (Å²) in [7, 11) is 0. The van der Waals surface area contributed by atoms with Crippen molar-refractivity contribution in [2.45, 2.75) is 45.4 Å². The van der Waals surface area contributed by atoms with Gasteiger partial charge in [-0.25, -0.2) is 4.79 Å². The number of carbonyl (C=O) groups excluding carboxylic acids is 1. The van der Waals surface area contributed by atoms with Crippen molar-refractivity contribution in [3.8, 4) is 0 Å². The minimum Gasteiger partial charge on any atom is -0.444 e. The summed E-state index contributed by atoms with van der Waals surface area (Å²) in [4.78, 5) is 13.6. The summed E-state index contributed by atoms with van der Waals surface area (Å²) in [5.41, 5.74) is 3.58. The van der Waals surface area contributed by atoms with Gasteiger partial charge in [0, 0.05) is 37.9 Å². The fourth-order valence-electron chi connectivity index (χ4n) is 2.90. The highest BCUT2D eigenvalue weighted by atomic mass is 16.6. The fourth-order valence-corrected chi connectivity index (χ4v) is 2.90. The molecule has 0 atom stereocenters. The molecule has 3 rings (SSSR count).